The van der Waals surface area contributed by atoms with Crippen molar-refractivity contribution in [3.63, 3.8) is 0 Å². The third-order valence-electron chi connectivity index (χ3n) is 3.18. The highest BCUT2D eigenvalue weighted by molar-refractivity contribution is 7.89. The molecule has 1 atom stereocenters. The topological polar surface area (TPSA) is 63.4 Å². The van der Waals surface area contributed by atoms with Gasteiger partial charge in [0.15, 0.2) is 0 Å². The van der Waals surface area contributed by atoms with Gasteiger partial charge in [-0.15, -0.1) is 12.4 Å². The first-order valence-electron chi connectivity index (χ1n) is 5.73. The summed E-state index contributed by atoms with van der Waals surface area (Å²) in [7, 11) is -3.06. The van der Waals surface area contributed by atoms with Gasteiger partial charge in [0.25, 0.3) is 0 Å². The number of hydrogen-bond donors (Lipinski definition) is 1. The molecule has 1 heterocycles. The van der Waals surface area contributed by atoms with Gasteiger partial charge in [0.1, 0.15) is 0 Å². The first-order chi connectivity index (χ1) is 6.99. The van der Waals surface area contributed by atoms with Crippen LogP contribution in [-0.2, 0) is 10.0 Å². The smallest absolute Gasteiger partial charge is 0.214 e. The lowest BCUT2D eigenvalue weighted by Crippen LogP contribution is -2.35. The van der Waals surface area contributed by atoms with E-state index in [1.807, 2.05) is 13.8 Å². The predicted molar refractivity (Wildman–Crippen MR) is 69.3 cm³/mol. The highest BCUT2D eigenvalue weighted by Crippen LogP contribution is 2.18. The van der Waals surface area contributed by atoms with Crippen molar-refractivity contribution in [3.8, 4) is 0 Å². The number of hydrogen-bond acceptors (Lipinski definition) is 3. The maximum absolute atomic E-state index is 12.0. The van der Waals surface area contributed by atoms with Gasteiger partial charge in [0, 0.05) is 19.1 Å². The Bertz CT molecular complexity index is 291. The lowest BCUT2D eigenvalue weighted by Gasteiger charge is -2.19. The van der Waals surface area contributed by atoms with Crippen LogP contribution in [-0.4, -0.2) is 37.6 Å². The average molecular weight is 271 g/mol. The lowest BCUT2D eigenvalue weighted by molar-refractivity contribution is 0.451. The zero-order chi connectivity index (χ0) is 11.5. The molecule has 1 rings (SSSR count). The summed E-state index contributed by atoms with van der Waals surface area (Å²) < 4.78 is 25.5. The normalized spacial score (nSPS) is 22.4. The Morgan fingerprint density at radius 2 is 1.94 bits per heavy atom. The van der Waals surface area contributed by atoms with Crippen LogP contribution in [0.4, 0.5) is 0 Å². The van der Waals surface area contributed by atoms with Crippen molar-refractivity contribution in [2.24, 2.45) is 11.7 Å². The zero-order valence-corrected chi connectivity index (χ0v) is 11.7. The molecule has 1 aliphatic heterocycles. The fourth-order valence-electron chi connectivity index (χ4n) is 1.93. The van der Waals surface area contributed by atoms with Gasteiger partial charge in [-0.05, 0) is 12.3 Å². The minimum atomic E-state index is -3.06. The van der Waals surface area contributed by atoms with Gasteiger partial charge in [0.2, 0.25) is 10.0 Å². The van der Waals surface area contributed by atoms with Crippen molar-refractivity contribution in [3.05, 3.63) is 0 Å². The fourth-order valence-corrected chi connectivity index (χ4v) is 4.01. The van der Waals surface area contributed by atoms with Crippen LogP contribution in [0.5, 0.6) is 0 Å². The molecule has 0 aromatic carbocycles. The van der Waals surface area contributed by atoms with Gasteiger partial charge in [-0.25, -0.2) is 12.7 Å². The minimum Gasteiger partial charge on any atom is -0.326 e. The van der Waals surface area contributed by atoms with E-state index in [2.05, 4.69) is 0 Å². The van der Waals surface area contributed by atoms with Crippen LogP contribution >= 0.6 is 12.4 Å². The first kappa shape index (κ1) is 16.2. The molecule has 1 saturated heterocycles. The molecule has 0 saturated carbocycles. The van der Waals surface area contributed by atoms with Gasteiger partial charge in [0.05, 0.1) is 5.75 Å². The fraction of sp³-hybridized carbons (Fsp3) is 1.00. The standard InChI is InChI=1S/C10H22N2O2S.ClH/c1-3-9(4-2)8-15(13,14)12-6-5-10(11)7-12;/h9-10H,3-8,11H2,1-2H3;1H/t10-;/m1./s1. The van der Waals surface area contributed by atoms with Crippen LogP contribution in [0.3, 0.4) is 0 Å². The molecule has 4 nitrogen and oxygen atoms in total. The molecule has 1 aliphatic rings. The summed E-state index contributed by atoms with van der Waals surface area (Å²) in [5, 5.41) is 0. The van der Waals surface area contributed by atoms with Gasteiger partial charge in [-0.1, -0.05) is 26.7 Å². The Labute approximate surface area is 105 Å². The molecule has 1 fully saturated rings. The Morgan fingerprint density at radius 1 is 1.38 bits per heavy atom. The predicted octanol–water partition coefficient (Wildman–Crippen LogP) is 1.21. The Kier molecular flexibility index (Phi) is 6.86. The zero-order valence-electron chi connectivity index (χ0n) is 10.1. The van der Waals surface area contributed by atoms with E-state index >= 15 is 0 Å². The molecule has 0 aromatic rings. The second-order valence-electron chi connectivity index (χ2n) is 4.37. The molecular weight excluding hydrogens is 248 g/mol. The van der Waals surface area contributed by atoms with Crippen LogP contribution in [0.15, 0.2) is 0 Å². The second kappa shape index (κ2) is 6.79. The molecule has 0 unspecified atom stereocenters. The average Bonchev–Trinajstić information content (AvgIpc) is 2.62. The van der Waals surface area contributed by atoms with E-state index in [1.165, 1.54) is 0 Å². The molecule has 0 aromatic heterocycles. The highest BCUT2D eigenvalue weighted by atomic mass is 35.5. The van der Waals surface area contributed by atoms with Crippen molar-refractivity contribution < 1.29 is 8.42 Å². The summed E-state index contributed by atoms with van der Waals surface area (Å²) in [6.07, 6.45) is 2.65. The number of rotatable bonds is 5. The van der Waals surface area contributed by atoms with Gasteiger partial charge < -0.3 is 5.73 Å². The molecule has 16 heavy (non-hydrogen) atoms. The third kappa shape index (κ3) is 4.20. The van der Waals surface area contributed by atoms with Gasteiger partial charge in [-0.3, -0.25) is 0 Å². The number of nitrogens with zero attached hydrogens (tertiary/aromatic N) is 1. The Morgan fingerprint density at radius 3 is 2.31 bits per heavy atom. The van der Waals surface area contributed by atoms with E-state index in [-0.39, 0.29) is 30.1 Å². The molecule has 0 amide bonds. The summed E-state index contributed by atoms with van der Waals surface area (Å²) in [5.74, 6) is 0.569. The van der Waals surface area contributed by atoms with E-state index in [4.69, 9.17) is 5.73 Å². The third-order valence-corrected chi connectivity index (χ3v) is 5.19. The molecule has 98 valence electrons. The molecule has 0 spiro atoms. The van der Waals surface area contributed by atoms with Crippen LogP contribution in [0.25, 0.3) is 0 Å². The largest absolute Gasteiger partial charge is 0.326 e. The maximum atomic E-state index is 12.0. The SMILES string of the molecule is CCC(CC)CS(=O)(=O)N1CC[C@@H](N)C1.Cl. The summed E-state index contributed by atoms with van der Waals surface area (Å²) in [6.45, 7) is 5.19. The van der Waals surface area contributed by atoms with E-state index in [9.17, 15) is 8.42 Å². The van der Waals surface area contributed by atoms with Crippen LogP contribution in [0.2, 0.25) is 0 Å². The molecular formula is C10H23ClN2O2S. The molecule has 0 aliphatic carbocycles. The summed E-state index contributed by atoms with van der Waals surface area (Å²) in [6, 6.07) is 0.0291. The van der Waals surface area contributed by atoms with Gasteiger partial charge in [-0.2, -0.15) is 0 Å². The van der Waals surface area contributed by atoms with Crippen molar-refractivity contribution >= 4 is 22.4 Å². The van der Waals surface area contributed by atoms with Crippen LogP contribution in [0.1, 0.15) is 33.1 Å². The second-order valence-corrected chi connectivity index (χ2v) is 6.38. The van der Waals surface area contributed by atoms with Crippen molar-refractivity contribution in [2.75, 3.05) is 18.8 Å². The van der Waals surface area contributed by atoms with E-state index in [0.29, 0.717) is 13.1 Å². The quantitative estimate of drug-likeness (QED) is 0.817. The first-order valence-corrected chi connectivity index (χ1v) is 7.33. The van der Waals surface area contributed by atoms with Crippen molar-refractivity contribution in [1.29, 1.82) is 0 Å². The summed E-state index contributed by atoms with van der Waals surface area (Å²) >= 11 is 0. The number of nitrogens with two attached hydrogens (primary N) is 1. The van der Waals surface area contributed by atoms with Gasteiger partial charge >= 0.3 is 0 Å². The van der Waals surface area contributed by atoms with Crippen molar-refractivity contribution in [1.82, 2.24) is 4.31 Å². The van der Waals surface area contributed by atoms with Crippen LogP contribution < -0.4 is 5.73 Å². The minimum absolute atomic E-state index is 0. The number of halogens is 1. The molecule has 2 N–H and O–H groups in total. The van der Waals surface area contributed by atoms with Crippen molar-refractivity contribution in [2.45, 2.75) is 39.2 Å². The highest BCUT2D eigenvalue weighted by Gasteiger charge is 2.30. The molecule has 0 bridgehead atoms. The molecule has 0 radical (unpaired) electrons. The van der Waals surface area contributed by atoms with E-state index in [1.54, 1.807) is 4.31 Å². The maximum Gasteiger partial charge on any atom is 0.214 e. The monoisotopic (exact) mass is 270 g/mol. The Balaban J connectivity index is 0.00000225. The van der Waals surface area contributed by atoms with Crippen LogP contribution in [0, 0.1) is 5.92 Å². The molecule has 6 heteroatoms. The van der Waals surface area contributed by atoms with E-state index < -0.39 is 10.0 Å². The Hall–Kier alpha value is 0.160. The summed E-state index contributed by atoms with van der Waals surface area (Å²) in [4.78, 5) is 0. The summed E-state index contributed by atoms with van der Waals surface area (Å²) in [5.41, 5.74) is 5.71. The van der Waals surface area contributed by atoms with E-state index in [0.717, 1.165) is 19.3 Å². The lowest BCUT2D eigenvalue weighted by atomic mass is 10.1. The number of sulfonamides is 1.